The smallest absolute Gasteiger partial charge is 0.238 e. The van der Waals surface area contributed by atoms with E-state index in [2.05, 4.69) is 5.32 Å². The minimum atomic E-state index is -3.71. The van der Waals surface area contributed by atoms with Gasteiger partial charge in [0.05, 0.1) is 22.4 Å². The van der Waals surface area contributed by atoms with Crippen molar-refractivity contribution in [3.63, 3.8) is 0 Å². The van der Waals surface area contributed by atoms with Crippen molar-refractivity contribution in [1.82, 2.24) is 0 Å². The predicted octanol–water partition coefficient (Wildman–Crippen LogP) is 0.897. The Morgan fingerprint density at radius 1 is 1.37 bits per heavy atom. The summed E-state index contributed by atoms with van der Waals surface area (Å²) < 4.78 is 28.0. The van der Waals surface area contributed by atoms with Crippen LogP contribution in [0.15, 0.2) is 23.1 Å². The molecule has 1 aromatic carbocycles. The second-order valence-corrected chi connectivity index (χ2v) is 6.22. The third-order valence-corrected chi connectivity index (χ3v) is 4.06. The fraction of sp³-hybridized carbons (Fsp3) is 0.500. The molecule has 1 unspecified atom stereocenters. The molecule has 0 bridgehead atoms. The van der Waals surface area contributed by atoms with Crippen LogP contribution < -0.4 is 16.2 Å². The van der Waals surface area contributed by atoms with E-state index >= 15 is 0 Å². The van der Waals surface area contributed by atoms with Crippen molar-refractivity contribution in [1.29, 1.82) is 0 Å². The van der Waals surface area contributed by atoms with Crippen LogP contribution in [0.25, 0.3) is 0 Å². The average molecular weight is 285 g/mol. The lowest BCUT2D eigenvalue weighted by Gasteiger charge is -2.23. The lowest BCUT2D eigenvalue weighted by molar-refractivity contribution is 0.0248. The van der Waals surface area contributed by atoms with Gasteiger partial charge in [-0.2, -0.15) is 0 Å². The molecule has 7 heteroatoms. The van der Waals surface area contributed by atoms with Gasteiger partial charge in [0.2, 0.25) is 10.0 Å². The number of sulfonamides is 1. The number of anilines is 2. The number of nitrogen functional groups attached to an aromatic ring is 1. The van der Waals surface area contributed by atoms with Gasteiger partial charge in [-0.15, -0.1) is 0 Å². The third kappa shape index (κ3) is 3.82. The van der Waals surface area contributed by atoms with Crippen LogP contribution >= 0.6 is 0 Å². The first-order valence-corrected chi connectivity index (χ1v) is 7.79. The molecule has 0 aliphatic carbocycles. The van der Waals surface area contributed by atoms with Gasteiger partial charge in [0.15, 0.2) is 0 Å². The summed E-state index contributed by atoms with van der Waals surface area (Å²) in [6, 6.07) is 4.42. The quantitative estimate of drug-likeness (QED) is 0.712. The van der Waals surface area contributed by atoms with E-state index in [1.165, 1.54) is 18.6 Å². The van der Waals surface area contributed by atoms with Gasteiger partial charge in [0.25, 0.3) is 0 Å². The van der Waals surface area contributed by atoms with Crippen LogP contribution in [0, 0.1) is 0 Å². The molecule has 19 heavy (non-hydrogen) atoms. The largest absolute Gasteiger partial charge is 0.397 e. The predicted molar refractivity (Wildman–Crippen MR) is 74.3 cm³/mol. The van der Waals surface area contributed by atoms with Crippen molar-refractivity contribution in [2.45, 2.75) is 30.3 Å². The van der Waals surface area contributed by atoms with E-state index in [1.54, 1.807) is 6.07 Å². The number of hydrogen-bond donors (Lipinski definition) is 3. The molecule has 6 nitrogen and oxygen atoms in total. The number of hydrogen-bond acceptors (Lipinski definition) is 5. The second kappa shape index (κ2) is 5.77. The van der Waals surface area contributed by atoms with Gasteiger partial charge in [-0.05, 0) is 37.5 Å². The fourth-order valence-corrected chi connectivity index (χ4v) is 2.62. The maximum atomic E-state index is 11.2. The molecule has 0 aromatic heterocycles. The van der Waals surface area contributed by atoms with E-state index in [0.717, 1.165) is 19.4 Å². The Hall–Kier alpha value is -1.31. The van der Waals surface area contributed by atoms with Crippen LogP contribution in [0.5, 0.6) is 0 Å². The van der Waals surface area contributed by atoms with Gasteiger partial charge in [-0.1, -0.05) is 0 Å². The monoisotopic (exact) mass is 285 g/mol. The fourth-order valence-electron chi connectivity index (χ4n) is 2.07. The highest BCUT2D eigenvalue weighted by molar-refractivity contribution is 7.89. The summed E-state index contributed by atoms with van der Waals surface area (Å²) in [5.74, 6) is 0. The highest BCUT2D eigenvalue weighted by atomic mass is 32.2. The Bertz CT molecular complexity index is 539. The molecule has 5 N–H and O–H groups in total. The molecule has 106 valence electrons. The Balaban J connectivity index is 2.01. The van der Waals surface area contributed by atoms with E-state index in [9.17, 15) is 8.42 Å². The van der Waals surface area contributed by atoms with Crippen LogP contribution in [-0.2, 0) is 14.8 Å². The molecular weight excluding hydrogens is 266 g/mol. The van der Waals surface area contributed by atoms with Gasteiger partial charge in [-0.3, -0.25) is 0 Å². The number of nitrogens with two attached hydrogens (primary N) is 2. The van der Waals surface area contributed by atoms with E-state index < -0.39 is 10.0 Å². The maximum absolute atomic E-state index is 11.2. The first kappa shape index (κ1) is 14.1. The average Bonchev–Trinajstić information content (AvgIpc) is 2.37. The summed E-state index contributed by atoms with van der Waals surface area (Å²) in [5, 5.41) is 8.22. The molecule has 1 aromatic rings. The SMILES string of the molecule is Nc1cc(S(N)(=O)=O)ccc1NCC1CCCCO1. The zero-order valence-electron chi connectivity index (χ0n) is 10.6. The first-order valence-electron chi connectivity index (χ1n) is 6.24. The Kier molecular flexibility index (Phi) is 4.28. The maximum Gasteiger partial charge on any atom is 0.238 e. The highest BCUT2D eigenvalue weighted by Crippen LogP contribution is 2.22. The van der Waals surface area contributed by atoms with Crippen molar-refractivity contribution >= 4 is 21.4 Å². The van der Waals surface area contributed by atoms with E-state index in [4.69, 9.17) is 15.6 Å². The molecule has 1 heterocycles. The topological polar surface area (TPSA) is 107 Å². The number of rotatable bonds is 4. The van der Waals surface area contributed by atoms with Crippen molar-refractivity contribution in [3.05, 3.63) is 18.2 Å². The highest BCUT2D eigenvalue weighted by Gasteiger charge is 2.14. The molecule has 1 saturated heterocycles. The number of ether oxygens (including phenoxy) is 1. The van der Waals surface area contributed by atoms with E-state index in [0.29, 0.717) is 17.9 Å². The summed E-state index contributed by atoms with van der Waals surface area (Å²) in [5.41, 5.74) is 6.87. The van der Waals surface area contributed by atoms with Gasteiger partial charge < -0.3 is 15.8 Å². The Morgan fingerprint density at radius 3 is 2.74 bits per heavy atom. The standard InChI is InChI=1S/C12H19N3O3S/c13-11-7-10(19(14,16)17)4-5-12(11)15-8-9-3-1-2-6-18-9/h4-5,7,9,15H,1-3,6,8,13H2,(H2,14,16,17). The minimum absolute atomic E-state index is 0.0180. The molecule has 1 aliphatic rings. The number of nitrogens with one attached hydrogen (secondary N) is 1. The number of primary sulfonamides is 1. The van der Waals surface area contributed by atoms with Gasteiger partial charge >= 0.3 is 0 Å². The van der Waals surface area contributed by atoms with Gasteiger partial charge in [0, 0.05) is 13.2 Å². The summed E-state index contributed by atoms with van der Waals surface area (Å²) >= 11 is 0. The molecular formula is C12H19N3O3S. The summed E-state index contributed by atoms with van der Waals surface area (Å²) in [6.45, 7) is 1.46. The van der Waals surface area contributed by atoms with Crippen molar-refractivity contribution in [3.8, 4) is 0 Å². The molecule has 0 spiro atoms. The van der Waals surface area contributed by atoms with Gasteiger partial charge in [-0.25, -0.2) is 13.6 Å². The zero-order valence-corrected chi connectivity index (χ0v) is 11.4. The van der Waals surface area contributed by atoms with Crippen molar-refractivity contribution in [2.75, 3.05) is 24.2 Å². The van der Waals surface area contributed by atoms with Gasteiger partial charge in [0.1, 0.15) is 0 Å². The normalized spacial score (nSPS) is 20.2. The third-order valence-electron chi connectivity index (χ3n) is 3.15. The second-order valence-electron chi connectivity index (χ2n) is 4.66. The Labute approximate surface area is 113 Å². The summed E-state index contributed by atoms with van der Waals surface area (Å²) in [4.78, 5) is 0.0180. The van der Waals surface area contributed by atoms with Crippen LogP contribution in [0.4, 0.5) is 11.4 Å². The molecule has 0 saturated carbocycles. The molecule has 1 aliphatic heterocycles. The molecule has 2 rings (SSSR count). The minimum Gasteiger partial charge on any atom is -0.397 e. The van der Waals surface area contributed by atoms with E-state index in [1.807, 2.05) is 0 Å². The molecule has 0 radical (unpaired) electrons. The Morgan fingerprint density at radius 2 is 2.16 bits per heavy atom. The van der Waals surface area contributed by atoms with Crippen LogP contribution in [0.1, 0.15) is 19.3 Å². The van der Waals surface area contributed by atoms with Crippen LogP contribution in [0.2, 0.25) is 0 Å². The lowest BCUT2D eigenvalue weighted by atomic mass is 10.1. The summed E-state index contributed by atoms with van der Waals surface area (Å²) in [6.07, 6.45) is 3.50. The van der Waals surface area contributed by atoms with Crippen molar-refractivity contribution < 1.29 is 13.2 Å². The molecule has 0 amide bonds. The van der Waals surface area contributed by atoms with Crippen molar-refractivity contribution in [2.24, 2.45) is 5.14 Å². The summed E-state index contributed by atoms with van der Waals surface area (Å²) in [7, 11) is -3.71. The van der Waals surface area contributed by atoms with Crippen LogP contribution in [-0.4, -0.2) is 27.7 Å². The lowest BCUT2D eigenvalue weighted by Crippen LogP contribution is -2.27. The van der Waals surface area contributed by atoms with Crippen LogP contribution in [0.3, 0.4) is 0 Å². The molecule has 1 fully saturated rings. The zero-order chi connectivity index (χ0) is 13.9. The first-order chi connectivity index (χ1) is 8.97. The number of benzene rings is 1. The molecule has 1 atom stereocenters. The van der Waals surface area contributed by atoms with E-state index in [-0.39, 0.29) is 11.0 Å².